The molecule has 1 saturated heterocycles. The van der Waals surface area contributed by atoms with Crippen molar-refractivity contribution in [2.75, 3.05) is 6.61 Å². The maximum Gasteiger partial charge on any atom is 0.407 e. The molecule has 10 nitrogen and oxygen atoms in total. The van der Waals surface area contributed by atoms with E-state index in [4.69, 9.17) is 9.47 Å². The number of carboxylic acids is 1. The van der Waals surface area contributed by atoms with Crippen LogP contribution in [0.3, 0.4) is 0 Å². The number of carbonyl (C=O) groups excluding carboxylic acids is 3. The highest BCUT2D eigenvalue weighted by molar-refractivity contribution is 5.91. The number of fused-ring (bicyclic) bond motifs is 3. The van der Waals surface area contributed by atoms with E-state index in [1.807, 2.05) is 140 Å². The molecule has 7 rings (SSSR count). The Morgan fingerprint density at radius 1 is 0.750 bits per heavy atom. The zero-order valence-electron chi connectivity index (χ0n) is 31.6. The number of nitrogens with zero attached hydrogens (tertiary/aromatic N) is 1. The van der Waals surface area contributed by atoms with Crippen LogP contribution in [0.2, 0.25) is 0 Å². The normalized spacial score (nSPS) is 17.7. The summed E-state index contributed by atoms with van der Waals surface area (Å²) in [5.41, 5.74) is 4.25. The van der Waals surface area contributed by atoms with Crippen molar-refractivity contribution >= 4 is 23.9 Å². The number of benzene rings is 5. The molecule has 0 bridgehead atoms. The summed E-state index contributed by atoms with van der Waals surface area (Å²) in [7, 11) is 0. The lowest BCUT2D eigenvalue weighted by Crippen LogP contribution is -2.58. The van der Waals surface area contributed by atoms with Crippen LogP contribution in [0, 0.1) is 0 Å². The molecule has 10 heteroatoms. The Labute approximate surface area is 326 Å². The van der Waals surface area contributed by atoms with Gasteiger partial charge in [0.15, 0.2) is 6.04 Å². The molecule has 286 valence electrons. The third kappa shape index (κ3) is 7.27. The van der Waals surface area contributed by atoms with Crippen LogP contribution in [0.5, 0.6) is 0 Å². The van der Waals surface area contributed by atoms with Crippen LogP contribution in [0.25, 0.3) is 11.1 Å². The number of hydrogen-bond acceptors (Lipinski definition) is 6. The summed E-state index contributed by atoms with van der Waals surface area (Å²) >= 11 is 0. The molecule has 0 aromatic heterocycles. The highest BCUT2D eigenvalue weighted by Gasteiger charge is 2.53. The van der Waals surface area contributed by atoms with Crippen molar-refractivity contribution in [3.05, 3.63) is 167 Å². The molecule has 3 amide bonds. The fraction of sp³-hybridized carbons (Fsp3) is 0.261. The summed E-state index contributed by atoms with van der Waals surface area (Å²) < 4.78 is 11.8. The molecular formula is C46H45N3O7. The topological polar surface area (TPSA) is 134 Å². The van der Waals surface area contributed by atoms with E-state index in [-0.39, 0.29) is 25.4 Å². The Bertz CT molecular complexity index is 2070. The summed E-state index contributed by atoms with van der Waals surface area (Å²) in [5.74, 6) is -2.56. The molecule has 1 aliphatic carbocycles. The van der Waals surface area contributed by atoms with Crippen LogP contribution < -0.4 is 10.6 Å². The van der Waals surface area contributed by atoms with Gasteiger partial charge in [-0.2, -0.15) is 0 Å². The van der Waals surface area contributed by atoms with E-state index in [1.165, 1.54) is 0 Å². The monoisotopic (exact) mass is 751 g/mol. The third-order valence-corrected chi connectivity index (χ3v) is 10.8. The molecule has 1 aliphatic heterocycles. The van der Waals surface area contributed by atoms with Crippen molar-refractivity contribution < 1.29 is 33.8 Å². The molecule has 1 fully saturated rings. The lowest BCUT2D eigenvalue weighted by molar-refractivity contribution is -0.157. The number of ether oxygens (including phenoxy) is 2. The minimum absolute atomic E-state index is 0.00209. The number of aliphatic carboxylic acids is 1. The molecule has 0 radical (unpaired) electrons. The smallest absolute Gasteiger partial charge is 0.407 e. The first kappa shape index (κ1) is 38.0. The van der Waals surface area contributed by atoms with Gasteiger partial charge >= 0.3 is 12.1 Å². The van der Waals surface area contributed by atoms with Gasteiger partial charge in [-0.1, -0.05) is 140 Å². The molecule has 1 heterocycles. The van der Waals surface area contributed by atoms with Crippen molar-refractivity contribution in [3.63, 3.8) is 0 Å². The van der Waals surface area contributed by atoms with E-state index in [2.05, 4.69) is 10.6 Å². The Morgan fingerprint density at radius 2 is 1.21 bits per heavy atom. The fourth-order valence-corrected chi connectivity index (χ4v) is 8.37. The molecule has 3 atom stereocenters. The van der Waals surface area contributed by atoms with Crippen LogP contribution in [-0.4, -0.2) is 64.4 Å². The molecule has 56 heavy (non-hydrogen) atoms. The molecule has 0 spiro atoms. The van der Waals surface area contributed by atoms with Gasteiger partial charge < -0.3 is 25.2 Å². The van der Waals surface area contributed by atoms with Gasteiger partial charge in [-0.05, 0) is 66.1 Å². The first-order valence-electron chi connectivity index (χ1n) is 18.8. The number of rotatable bonds is 12. The van der Waals surface area contributed by atoms with E-state index in [1.54, 1.807) is 20.8 Å². The minimum Gasteiger partial charge on any atom is -0.480 e. The number of alkyl carbamates (subject to hydrolysis) is 1. The fourth-order valence-electron chi connectivity index (χ4n) is 8.37. The average molecular weight is 752 g/mol. The Morgan fingerprint density at radius 3 is 1.70 bits per heavy atom. The molecular weight excluding hydrogens is 707 g/mol. The van der Waals surface area contributed by atoms with Crippen LogP contribution in [0.1, 0.15) is 67.3 Å². The van der Waals surface area contributed by atoms with E-state index >= 15 is 0 Å². The first-order valence-corrected chi connectivity index (χ1v) is 18.8. The van der Waals surface area contributed by atoms with Gasteiger partial charge in [-0.15, -0.1) is 0 Å². The highest BCUT2D eigenvalue weighted by atomic mass is 16.6. The number of amides is 3. The highest BCUT2D eigenvalue weighted by Crippen LogP contribution is 2.44. The molecule has 0 unspecified atom stereocenters. The molecule has 3 N–H and O–H groups in total. The van der Waals surface area contributed by atoms with Crippen LogP contribution in [-0.2, 0) is 29.4 Å². The van der Waals surface area contributed by atoms with Gasteiger partial charge in [0.1, 0.15) is 23.9 Å². The predicted octanol–water partition coefficient (Wildman–Crippen LogP) is 7.22. The summed E-state index contributed by atoms with van der Waals surface area (Å²) in [5, 5.41) is 16.2. The third-order valence-electron chi connectivity index (χ3n) is 10.8. The molecule has 0 saturated carbocycles. The van der Waals surface area contributed by atoms with Crippen molar-refractivity contribution in [3.8, 4) is 11.1 Å². The van der Waals surface area contributed by atoms with E-state index in [9.17, 15) is 24.3 Å². The number of carbonyl (C=O) groups is 4. The van der Waals surface area contributed by atoms with Crippen molar-refractivity contribution in [2.45, 2.75) is 69.0 Å². The van der Waals surface area contributed by atoms with E-state index in [0.29, 0.717) is 0 Å². The van der Waals surface area contributed by atoms with Crippen molar-refractivity contribution in [2.24, 2.45) is 0 Å². The number of hydrogen-bond donors (Lipinski definition) is 3. The zero-order valence-corrected chi connectivity index (χ0v) is 31.6. The quantitative estimate of drug-likeness (QED) is 0.115. The number of nitrogens with one attached hydrogen (secondary N) is 2. The van der Waals surface area contributed by atoms with Crippen LogP contribution in [0.15, 0.2) is 140 Å². The second-order valence-electron chi connectivity index (χ2n) is 14.7. The van der Waals surface area contributed by atoms with Crippen LogP contribution in [0.4, 0.5) is 4.79 Å². The maximum atomic E-state index is 14.5. The summed E-state index contributed by atoms with van der Waals surface area (Å²) in [6, 6.07) is 42.2. The van der Waals surface area contributed by atoms with Crippen LogP contribution >= 0.6 is 0 Å². The second-order valence-corrected chi connectivity index (χ2v) is 14.7. The summed E-state index contributed by atoms with van der Waals surface area (Å²) in [6.45, 7) is 4.80. The Balaban J connectivity index is 1.16. The van der Waals surface area contributed by atoms with E-state index in [0.717, 1.165) is 43.8 Å². The largest absolute Gasteiger partial charge is 0.480 e. The summed E-state index contributed by atoms with van der Waals surface area (Å²) in [4.78, 5) is 56.1. The molecule has 5 aromatic rings. The van der Waals surface area contributed by atoms with Gasteiger partial charge in [-0.3, -0.25) is 14.5 Å². The maximum absolute atomic E-state index is 14.5. The molecule has 5 aromatic carbocycles. The lowest BCUT2D eigenvalue weighted by Gasteiger charge is -2.37. The number of carboxylic acid groups (broad SMARTS) is 1. The minimum atomic E-state index is -1.33. The first-order chi connectivity index (χ1) is 27.0. The van der Waals surface area contributed by atoms with Crippen molar-refractivity contribution in [1.29, 1.82) is 0 Å². The zero-order chi connectivity index (χ0) is 39.5. The van der Waals surface area contributed by atoms with Gasteiger partial charge in [0.25, 0.3) is 0 Å². The van der Waals surface area contributed by atoms with Crippen molar-refractivity contribution in [1.82, 2.24) is 15.5 Å². The average Bonchev–Trinajstić information content (AvgIpc) is 3.67. The van der Waals surface area contributed by atoms with Gasteiger partial charge in [-0.25, -0.2) is 9.59 Å². The van der Waals surface area contributed by atoms with Gasteiger partial charge in [0, 0.05) is 12.3 Å². The molecule has 2 aliphatic rings. The SMILES string of the molecule is C[C@@H]1OC(C)(C)N(C(=O)[C@H](CCC(=O)NC(c2ccccc2)(c2ccccc2)c2ccccc2)NC(=O)OCC2c3ccccc3-c3ccccc32)[C@H]1C(=O)O. The Kier molecular flexibility index (Phi) is 10.8. The predicted molar refractivity (Wildman–Crippen MR) is 211 cm³/mol. The standard InChI is InChI=1S/C46H45N3O7/c1-30-41(43(52)53)49(45(2,3)56-30)42(51)39(47-44(54)55-29-38-36-25-15-13-23-34(36)35-24-14-16-26-37(35)38)27-28-40(50)48-46(31-17-7-4-8-18-31,32-19-9-5-10-20-32)33-21-11-6-12-22-33/h4-26,30,38-39,41H,27-29H2,1-3H3,(H,47,54)(H,48,50)(H,52,53)/t30-,39-,41+/m0/s1. The van der Waals surface area contributed by atoms with E-state index < -0.39 is 53.3 Å². The second kappa shape index (κ2) is 15.8. The Hall–Kier alpha value is -6.26. The van der Waals surface area contributed by atoms with Gasteiger partial charge in [0.05, 0.1) is 6.10 Å². The van der Waals surface area contributed by atoms with Gasteiger partial charge in [0.2, 0.25) is 11.8 Å². The lowest BCUT2D eigenvalue weighted by atomic mass is 9.77. The summed E-state index contributed by atoms with van der Waals surface area (Å²) in [6.07, 6.45) is -2.04.